The smallest absolute Gasteiger partial charge is 0.0731 e. The number of morpholine rings is 1. The number of rotatable bonds is 5. The lowest BCUT2D eigenvalue weighted by atomic mass is 10.1. The highest BCUT2D eigenvalue weighted by atomic mass is 16.5. The summed E-state index contributed by atoms with van der Waals surface area (Å²) in [6.45, 7) is 10.0. The van der Waals surface area contributed by atoms with Gasteiger partial charge in [-0.1, -0.05) is 6.08 Å². The maximum absolute atomic E-state index is 5.83. The average Bonchev–Trinajstić information content (AvgIpc) is 2.76. The van der Waals surface area contributed by atoms with E-state index in [1.807, 2.05) is 6.08 Å². The van der Waals surface area contributed by atoms with Crippen LogP contribution in [0.25, 0.3) is 0 Å². The molecule has 0 radical (unpaired) electrons. The number of hydrogen-bond donors (Lipinski definition) is 1. The van der Waals surface area contributed by atoms with Gasteiger partial charge in [-0.2, -0.15) is 0 Å². The third-order valence-corrected chi connectivity index (χ3v) is 3.82. The SMILES string of the molecule is C=CCNCC(C)N1CCOC2CCCC21. The highest BCUT2D eigenvalue weighted by molar-refractivity contribution is 4.92. The van der Waals surface area contributed by atoms with Crippen molar-refractivity contribution < 1.29 is 4.74 Å². The Kier molecular flexibility index (Phi) is 4.38. The van der Waals surface area contributed by atoms with E-state index in [-0.39, 0.29) is 0 Å². The van der Waals surface area contributed by atoms with Crippen molar-refractivity contribution in [2.24, 2.45) is 0 Å². The normalized spacial score (nSPS) is 32.3. The van der Waals surface area contributed by atoms with E-state index in [0.29, 0.717) is 18.2 Å². The second-order valence-corrected chi connectivity index (χ2v) is 4.94. The van der Waals surface area contributed by atoms with Crippen LogP contribution in [0, 0.1) is 0 Å². The summed E-state index contributed by atoms with van der Waals surface area (Å²) in [6, 6.07) is 1.28. The van der Waals surface area contributed by atoms with Crippen molar-refractivity contribution in [3.63, 3.8) is 0 Å². The Bertz CT molecular complexity index is 232. The predicted octanol–water partition coefficient (Wildman–Crippen LogP) is 1.40. The molecule has 2 rings (SSSR count). The minimum absolute atomic E-state index is 0.510. The summed E-state index contributed by atoms with van der Waals surface area (Å²) in [5, 5.41) is 3.41. The minimum Gasteiger partial charge on any atom is -0.375 e. The third kappa shape index (κ3) is 2.65. The van der Waals surface area contributed by atoms with E-state index in [4.69, 9.17) is 4.74 Å². The first kappa shape index (κ1) is 12.1. The molecule has 3 heteroatoms. The van der Waals surface area contributed by atoms with Gasteiger partial charge in [0.05, 0.1) is 12.7 Å². The largest absolute Gasteiger partial charge is 0.375 e. The first-order chi connectivity index (χ1) is 7.83. The molecule has 0 aromatic rings. The highest BCUT2D eigenvalue weighted by Crippen LogP contribution is 2.30. The zero-order chi connectivity index (χ0) is 11.4. The van der Waals surface area contributed by atoms with Gasteiger partial charge in [-0.15, -0.1) is 6.58 Å². The number of nitrogens with zero attached hydrogens (tertiary/aromatic N) is 1. The van der Waals surface area contributed by atoms with Crippen LogP contribution in [0.1, 0.15) is 26.2 Å². The Morgan fingerprint density at radius 1 is 1.56 bits per heavy atom. The molecule has 0 aromatic carbocycles. The molecule has 3 atom stereocenters. The van der Waals surface area contributed by atoms with Crippen LogP contribution < -0.4 is 5.32 Å². The molecule has 0 amide bonds. The zero-order valence-electron chi connectivity index (χ0n) is 10.3. The first-order valence-electron chi connectivity index (χ1n) is 6.52. The van der Waals surface area contributed by atoms with Gasteiger partial charge in [0.1, 0.15) is 0 Å². The second-order valence-electron chi connectivity index (χ2n) is 4.94. The lowest BCUT2D eigenvalue weighted by molar-refractivity contribution is -0.0686. The Balaban J connectivity index is 1.84. The molecular weight excluding hydrogens is 200 g/mol. The van der Waals surface area contributed by atoms with Crippen LogP contribution in [0.15, 0.2) is 12.7 Å². The summed E-state index contributed by atoms with van der Waals surface area (Å²) in [5.74, 6) is 0. The number of ether oxygens (including phenoxy) is 1. The van der Waals surface area contributed by atoms with Crippen LogP contribution in [-0.2, 0) is 4.74 Å². The highest BCUT2D eigenvalue weighted by Gasteiger charge is 2.37. The molecule has 1 heterocycles. The number of nitrogens with one attached hydrogen (secondary N) is 1. The van der Waals surface area contributed by atoms with Crippen LogP contribution in [0.4, 0.5) is 0 Å². The molecule has 92 valence electrons. The van der Waals surface area contributed by atoms with Crippen molar-refractivity contribution in [3.8, 4) is 0 Å². The van der Waals surface area contributed by atoms with Crippen LogP contribution in [-0.4, -0.2) is 49.3 Å². The summed E-state index contributed by atoms with van der Waals surface area (Å²) in [7, 11) is 0. The van der Waals surface area contributed by atoms with Gasteiger partial charge >= 0.3 is 0 Å². The fourth-order valence-electron chi connectivity index (χ4n) is 3.01. The summed E-state index contributed by atoms with van der Waals surface area (Å²) >= 11 is 0. The molecule has 2 fully saturated rings. The Morgan fingerprint density at radius 3 is 3.25 bits per heavy atom. The molecule has 3 nitrogen and oxygen atoms in total. The van der Waals surface area contributed by atoms with E-state index in [2.05, 4.69) is 23.7 Å². The van der Waals surface area contributed by atoms with Crippen molar-refractivity contribution in [1.29, 1.82) is 0 Å². The van der Waals surface area contributed by atoms with E-state index in [9.17, 15) is 0 Å². The van der Waals surface area contributed by atoms with E-state index < -0.39 is 0 Å². The van der Waals surface area contributed by atoms with Crippen molar-refractivity contribution in [3.05, 3.63) is 12.7 Å². The van der Waals surface area contributed by atoms with Crippen molar-refractivity contribution in [2.75, 3.05) is 26.2 Å². The van der Waals surface area contributed by atoms with Gasteiger partial charge in [-0.3, -0.25) is 4.90 Å². The minimum atomic E-state index is 0.510. The molecular formula is C13H24N2O. The quantitative estimate of drug-likeness (QED) is 0.564. The molecule has 0 spiro atoms. The van der Waals surface area contributed by atoms with E-state index in [0.717, 1.165) is 26.2 Å². The molecule has 1 aliphatic heterocycles. The van der Waals surface area contributed by atoms with Crippen LogP contribution >= 0.6 is 0 Å². The monoisotopic (exact) mass is 224 g/mol. The summed E-state index contributed by atoms with van der Waals surface area (Å²) in [4.78, 5) is 2.64. The Morgan fingerprint density at radius 2 is 2.44 bits per heavy atom. The molecule has 0 bridgehead atoms. The zero-order valence-corrected chi connectivity index (χ0v) is 10.3. The van der Waals surface area contributed by atoms with E-state index in [1.165, 1.54) is 19.3 Å². The summed E-state index contributed by atoms with van der Waals surface area (Å²) in [5.41, 5.74) is 0. The van der Waals surface area contributed by atoms with Gasteiger partial charge in [-0.25, -0.2) is 0 Å². The predicted molar refractivity (Wildman–Crippen MR) is 66.6 cm³/mol. The third-order valence-electron chi connectivity index (χ3n) is 3.82. The molecule has 1 saturated heterocycles. The average molecular weight is 224 g/mol. The van der Waals surface area contributed by atoms with Gasteiger partial charge in [0, 0.05) is 31.7 Å². The molecule has 3 unspecified atom stereocenters. The standard InChI is InChI=1S/C13H24N2O/c1-3-7-14-10-11(2)15-8-9-16-13-6-4-5-12(13)15/h3,11-14H,1,4-10H2,2H3. The van der Waals surface area contributed by atoms with Gasteiger partial charge in [0.15, 0.2) is 0 Å². The Labute approximate surface area is 98.8 Å². The number of fused-ring (bicyclic) bond motifs is 1. The molecule has 16 heavy (non-hydrogen) atoms. The fourth-order valence-corrected chi connectivity index (χ4v) is 3.01. The molecule has 1 N–H and O–H groups in total. The van der Waals surface area contributed by atoms with Crippen molar-refractivity contribution in [1.82, 2.24) is 10.2 Å². The topological polar surface area (TPSA) is 24.5 Å². The maximum atomic E-state index is 5.83. The van der Waals surface area contributed by atoms with Crippen molar-refractivity contribution >= 4 is 0 Å². The maximum Gasteiger partial charge on any atom is 0.0731 e. The molecule has 2 aliphatic rings. The van der Waals surface area contributed by atoms with E-state index >= 15 is 0 Å². The number of hydrogen-bond acceptors (Lipinski definition) is 3. The van der Waals surface area contributed by atoms with Gasteiger partial charge in [-0.05, 0) is 26.2 Å². The van der Waals surface area contributed by atoms with Crippen molar-refractivity contribution in [2.45, 2.75) is 44.4 Å². The van der Waals surface area contributed by atoms with Gasteiger partial charge < -0.3 is 10.1 Å². The Hall–Kier alpha value is -0.380. The van der Waals surface area contributed by atoms with Crippen LogP contribution in [0.2, 0.25) is 0 Å². The lowest BCUT2D eigenvalue weighted by Gasteiger charge is -2.41. The van der Waals surface area contributed by atoms with Crippen LogP contribution in [0.5, 0.6) is 0 Å². The fraction of sp³-hybridized carbons (Fsp3) is 0.846. The second kappa shape index (κ2) is 5.80. The van der Waals surface area contributed by atoms with Crippen LogP contribution in [0.3, 0.4) is 0 Å². The molecule has 1 aliphatic carbocycles. The molecule has 0 aromatic heterocycles. The van der Waals surface area contributed by atoms with Gasteiger partial charge in [0.2, 0.25) is 0 Å². The first-order valence-corrected chi connectivity index (χ1v) is 6.52. The lowest BCUT2D eigenvalue weighted by Crippen LogP contribution is -2.54. The summed E-state index contributed by atoms with van der Waals surface area (Å²) < 4.78 is 5.83. The van der Waals surface area contributed by atoms with Gasteiger partial charge in [0.25, 0.3) is 0 Å². The van der Waals surface area contributed by atoms with E-state index in [1.54, 1.807) is 0 Å². The summed E-state index contributed by atoms with van der Waals surface area (Å²) in [6.07, 6.45) is 6.34. The molecule has 1 saturated carbocycles.